The van der Waals surface area contributed by atoms with Crippen LogP contribution in [0.4, 0.5) is 0 Å². The summed E-state index contributed by atoms with van der Waals surface area (Å²) in [5.74, 6) is 0.0997. The van der Waals surface area contributed by atoms with E-state index in [9.17, 15) is 4.79 Å². The molecule has 0 unspecified atom stereocenters. The molecule has 0 aliphatic heterocycles. The predicted octanol–water partition coefficient (Wildman–Crippen LogP) is 5.47. The van der Waals surface area contributed by atoms with Gasteiger partial charge >= 0.3 is 0 Å². The Bertz CT molecular complexity index is 763. The normalized spacial score (nSPS) is 10.5. The molecular weight excluding hydrogens is 314 g/mol. The first kappa shape index (κ1) is 16.5. The van der Waals surface area contributed by atoms with Gasteiger partial charge < -0.3 is 4.90 Å². The molecule has 0 aliphatic rings. The number of rotatable bonds is 6. The average molecular weight is 335 g/mol. The molecule has 2 aromatic carbocycles. The molecule has 0 saturated carbocycles. The summed E-state index contributed by atoms with van der Waals surface area (Å²) in [4.78, 5) is 14.8. The van der Waals surface area contributed by atoms with Crippen molar-refractivity contribution < 1.29 is 4.79 Å². The molecule has 0 fully saturated rings. The summed E-state index contributed by atoms with van der Waals surface area (Å²) in [6, 6.07) is 20.2. The lowest BCUT2D eigenvalue weighted by Gasteiger charge is -2.22. The standard InChI is InChI=1S/C21H21NOS/c1-2-13-22(15-17-12-14-24-16-17)21(23)20-10-8-19(9-11-20)18-6-4-3-5-7-18/h3-12,14,16H,2,13,15H2,1H3. The van der Waals surface area contributed by atoms with Gasteiger partial charge in [-0.1, -0.05) is 49.4 Å². The van der Waals surface area contributed by atoms with E-state index in [0.717, 1.165) is 24.1 Å². The third-order valence-corrected chi connectivity index (χ3v) is 4.71. The van der Waals surface area contributed by atoms with E-state index in [4.69, 9.17) is 0 Å². The minimum absolute atomic E-state index is 0.0997. The van der Waals surface area contributed by atoms with Crippen LogP contribution in [-0.2, 0) is 6.54 Å². The lowest BCUT2D eigenvalue weighted by Crippen LogP contribution is -2.31. The van der Waals surface area contributed by atoms with Crippen LogP contribution in [0.15, 0.2) is 71.4 Å². The number of carbonyl (C=O) groups excluding carboxylic acids is 1. The minimum Gasteiger partial charge on any atom is -0.334 e. The molecule has 0 bridgehead atoms. The van der Waals surface area contributed by atoms with Crippen LogP contribution in [0, 0.1) is 0 Å². The van der Waals surface area contributed by atoms with Crippen LogP contribution in [0.3, 0.4) is 0 Å². The zero-order valence-corrected chi connectivity index (χ0v) is 14.6. The van der Waals surface area contributed by atoms with Gasteiger partial charge in [-0.3, -0.25) is 4.79 Å². The minimum atomic E-state index is 0.0997. The summed E-state index contributed by atoms with van der Waals surface area (Å²) < 4.78 is 0. The number of hydrogen-bond donors (Lipinski definition) is 0. The first-order chi connectivity index (χ1) is 11.8. The molecule has 3 aromatic rings. The van der Waals surface area contributed by atoms with E-state index in [1.807, 2.05) is 47.4 Å². The molecule has 1 amide bonds. The van der Waals surface area contributed by atoms with Gasteiger partial charge in [-0.2, -0.15) is 11.3 Å². The summed E-state index contributed by atoms with van der Waals surface area (Å²) in [6.07, 6.45) is 0.956. The van der Waals surface area contributed by atoms with Crippen LogP contribution in [0.2, 0.25) is 0 Å². The molecular formula is C21H21NOS. The number of amides is 1. The van der Waals surface area contributed by atoms with E-state index in [-0.39, 0.29) is 5.91 Å². The third-order valence-electron chi connectivity index (χ3n) is 3.97. The van der Waals surface area contributed by atoms with E-state index in [0.29, 0.717) is 6.54 Å². The topological polar surface area (TPSA) is 20.3 Å². The highest BCUT2D eigenvalue weighted by Gasteiger charge is 2.15. The number of benzene rings is 2. The molecule has 0 radical (unpaired) electrons. The van der Waals surface area contributed by atoms with E-state index < -0.39 is 0 Å². The van der Waals surface area contributed by atoms with E-state index in [1.165, 1.54) is 11.1 Å². The predicted molar refractivity (Wildman–Crippen MR) is 101 cm³/mol. The van der Waals surface area contributed by atoms with Gasteiger partial charge in [-0.15, -0.1) is 0 Å². The van der Waals surface area contributed by atoms with Crippen molar-refractivity contribution >= 4 is 17.2 Å². The van der Waals surface area contributed by atoms with Crippen LogP contribution >= 0.6 is 11.3 Å². The molecule has 3 heteroatoms. The number of carbonyl (C=O) groups is 1. The van der Waals surface area contributed by atoms with Crippen molar-refractivity contribution in [2.24, 2.45) is 0 Å². The average Bonchev–Trinajstić information content (AvgIpc) is 3.15. The van der Waals surface area contributed by atoms with Crippen molar-refractivity contribution in [3.05, 3.63) is 82.6 Å². The fourth-order valence-electron chi connectivity index (χ4n) is 2.74. The lowest BCUT2D eigenvalue weighted by atomic mass is 10.0. The molecule has 0 atom stereocenters. The molecule has 1 aromatic heterocycles. The van der Waals surface area contributed by atoms with E-state index >= 15 is 0 Å². The Morgan fingerprint density at radius 2 is 1.67 bits per heavy atom. The largest absolute Gasteiger partial charge is 0.334 e. The fourth-order valence-corrected chi connectivity index (χ4v) is 3.40. The van der Waals surface area contributed by atoms with Gasteiger partial charge in [-0.05, 0) is 52.1 Å². The second kappa shape index (κ2) is 7.93. The van der Waals surface area contributed by atoms with Gasteiger partial charge in [0.05, 0.1) is 0 Å². The number of nitrogens with zero attached hydrogens (tertiary/aromatic N) is 1. The molecule has 0 spiro atoms. The quantitative estimate of drug-likeness (QED) is 0.585. The first-order valence-electron chi connectivity index (χ1n) is 8.23. The van der Waals surface area contributed by atoms with Gasteiger partial charge in [0.15, 0.2) is 0 Å². The SMILES string of the molecule is CCCN(Cc1ccsc1)C(=O)c1ccc(-c2ccccc2)cc1. The zero-order valence-electron chi connectivity index (χ0n) is 13.8. The second-order valence-electron chi connectivity index (χ2n) is 5.80. The highest BCUT2D eigenvalue weighted by Crippen LogP contribution is 2.20. The molecule has 3 rings (SSSR count). The maximum atomic E-state index is 12.8. The summed E-state index contributed by atoms with van der Waals surface area (Å²) in [6.45, 7) is 3.55. The van der Waals surface area contributed by atoms with Crippen molar-refractivity contribution in [3.8, 4) is 11.1 Å². The van der Waals surface area contributed by atoms with E-state index in [2.05, 4.69) is 35.9 Å². The summed E-state index contributed by atoms with van der Waals surface area (Å²) in [5, 5.41) is 4.16. The molecule has 0 saturated heterocycles. The number of thiophene rings is 1. The highest BCUT2D eigenvalue weighted by atomic mass is 32.1. The van der Waals surface area contributed by atoms with Gasteiger partial charge in [-0.25, -0.2) is 0 Å². The Hall–Kier alpha value is -2.39. The molecule has 0 N–H and O–H groups in total. The zero-order chi connectivity index (χ0) is 16.8. The van der Waals surface area contributed by atoms with Crippen molar-refractivity contribution in [2.75, 3.05) is 6.54 Å². The second-order valence-corrected chi connectivity index (χ2v) is 6.58. The van der Waals surface area contributed by atoms with Gasteiger partial charge in [0.2, 0.25) is 0 Å². The molecule has 0 aliphatic carbocycles. The summed E-state index contributed by atoms with van der Waals surface area (Å²) in [5.41, 5.74) is 4.24. The van der Waals surface area contributed by atoms with Crippen molar-refractivity contribution in [3.63, 3.8) is 0 Å². The molecule has 122 valence electrons. The Balaban J connectivity index is 1.77. The highest BCUT2D eigenvalue weighted by molar-refractivity contribution is 7.07. The molecule has 24 heavy (non-hydrogen) atoms. The van der Waals surface area contributed by atoms with Crippen molar-refractivity contribution in [2.45, 2.75) is 19.9 Å². The Kier molecular flexibility index (Phi) is 5.44. The van der Waals surface area contributed by atoms with Crippen LogP contribution in [-0.4, -0.2) is 17.4 Å². The Labute approximate surface area is 147 Å². The van der Waals surface area contributed by atoms with Gasteiger partial charge in [0.25, 0.3) is 5.91 Å². The van der Waals surface area contributed by atoms with Crippen LogP contribution in [0.25, 0.3) is 11.1 Å². The van der Waals surface area contributed by atoms with E-state index in [1.54, 1.807) is 11.3 Å². The van der Waals surface area contributed by atoms with Gasteiger partial charge in [0, 0.05) is 18.7 Å². The monoisotopic (exact) mass is 335 g/mol. The first-order valence-corrected chi connectivity index (χ1v) is 9.18. The maximum Gasteiger partial charge on any atom is 0.254 e. The Morgan fingerprint density at radius 1 is 0.958 bits per heavy atom. The summed E-state index contributed by atoms with van der Waals surface area (Å²) in [7, 11) is 0. The Morgan fingerprint density at radius 3 is 2.29 bits per heavy atom. The van der Waals surface area contributed by atoms with Crippen LogP contribution in [0.1, 0.15) is 29.3 Å². The van der Waals surface area contributed by atoms with Crippen LogP contribution in [0.5, 0.6) is 0 Å². The molecule has 2 nitrogen and oxygen atoms in total. The third kappa shape index (κ3) is 3.92. The lowest BCUT2D eigenvalue weighted by molar-refractivity contribution is 0.0743. The summed E-state index contributed by atoms with van der Waals surface area (Å²) >= 11 is 1.67. The molecule has 1 heterocycles. The van der Waals surface area contributed by atoms with Crippen molar-refractivity contribution in [1.82, 2.24) is 4.90 Å². The van der Waals surface area contributed by atoms with Crippen LogP contribution < -0.4 is 0 Å². The smallest absolute Gasteiger partial charge is 0.254 e. The van der Waals surface area contributed by atoms with Gasteiger partial charge in [0.1, 0.15) is 0 Å². The maximum absolute atomic E-state index is 12.8. The van der Waals surface area contributed by atoms with Crippen molar-refractivity contribution in [1.29, 1.82) is 0 Å². The number of hydrogen-bond acceptors (Lipinski definition) is 2. The fraction of sp³-hybridized carbons (Fsp3) is 0.190.